The Bertz CT molecular complexity index is 358. The summed E-state index contributed by atoms with van der Waals surface area (Å²) in [4.78, 5) is 11.8. The van der Waals surface area contributed by atoms with Crippen LogP contribution in [0.4, 0.5) is 0 Å². The summed E-state index contributed by atoms with van der Waals surface area (Å²) >= 11 is 6.66. The Hall–Kier alpha value is -0.390. The lowest BCUT2D eigenvalue weighted by Gasteiger charge is -2.15. The highest BCUT2D eigenvalue weighted by molar-refractivity contribution is 9.10. The molecule has 1 atom stereocenters. The van der Waals surface area contributed by atoms with Crippen LogP contribution in [0, 0.1) is 0 Å². The number of rotatable bonds is 5. The molecule has 1 unspecified atom stereocenters. The van der Waals surface area contributed by atoms with E-state index < -0.39 is 0 Å². The molecule has 0 spiro atoms. The van der Waals surface area contributed by atoms with Gasteiger partial charge in [0.2, 0.25) is 0 Å². The summed E-state index contributed by atoms with van der Waals surface area (Å²) in [6.07, 6.45) is 0. The van der Waals surface area contributed by atoms with Crippen molar-refractivity contribution < 1.29 is 9.53 Å². The zero-order chi connectivity index (χ0) is 12.0. The number of halogens is 2. The summed E-state index contributed by atoms with van der Waals surface area (Å²) in [5, 5.41) is 3.55. The molecule has 0 aliphatic rings. The molecule has 1 rings (SSSR count). The maximum absolute atomic E-state index is 11.8. The summed E-state index contributed by atoms with van der Waals surface area (Å²) in [6.45, 7) is 0.491. The Balaban J connectivity index is 2.64. The number of alkyl halides is 1. The van der Waals surface area contributed by atoms with Crippen LogP contribution in [-0.2, 0) is 4.74 Å². The van der Waals surface area contributed by atoms with Crippen molar-refractivity contribution in [3.05, 3.63) is 34.3 Å². The van der Waals surface area contributed by atoms with Crippen LogP contribution in [0.15, 0.2) is 28.7 Å². The first-order valence-electron chi connectivity index (χ1n) is 4.78. The van der Waals surface area contributed by atoms with Crippen molar-refractivity contribution in [2.24, 2.45) is 0 Å². The van der Waals surface area contributed by atoms with Gasteiger partial charge in [-0.05, 0) is 18.2 Å². The third kappa shape index (κ3) is 4.23. The molecule has 16 heavy (non-hydrogen) atoms. The van der Waals surface area contributed by atoms with Crippen LogP contribution < -0.4 is 5.32 Å². The van der Waals surface area contributed by atoms with Crippen molar-refractivity contribution in [3.8, 4) is 0 Å². The van der Waals surface area contributed by atoms with Crippen LogP contribution in [-0.4, -0.2) is 31.0 Å². The number of nitrogens with one attached hydrogen (secondary N) is 1. The lowest BCUT2D eigenvalue weighted by molar-refractivity contribution is 0.0908. The molecule has 0 aliphatic carbocycles. The first-order chi connectivity index (χ1) is 7.67. The van der Waals surface area contributed by atoms with Crippen molar-refractivity contribution in [1.29, 1.82) is 0 Å². The number of carbonyl (C=O) groups is 1. The van der Waals surface area contributed by atoms with E-state index in [2.05, 4.69) is 37.2 Å². The maximum Gasteiger partial charge on any atom is 0.251 e. The van der Waals surface area contributed by atoms with Gasteiger partial charge >= 0.3 is 0 Å². The molecule has 0 aliphatic heterocycles. The van der Waals surface area contributed by atoms with Crippen molar-refractivity contribution >= 4 is 37.8 Å². The molecule has 0 heterocycles. The van der Waals surface area contributed by atoms with Gasteiger partial charge < -0.3 is 10.1 Å². The van der Waals surface area contributed by atoms with Gasteiger partial charge in [-0.3, -0.25) is 4.79 Å². The molecule has 1 N–H and O–H groups in total. The second-order valence-corrected chi connectivity index (χ2v) is 4.85. The molecule has 1 aromatic carbocycles. The molecule has 1 amide bonds. The predicted molar refractivity (Wildman–Crippen MR) is 71.1 cm³/mol. The number of hydrogen-bond acceptors (Lipinski definition) is 2. The summed E-state index contributed by atoms with van der Waals surface area (Å²) in [6, 6.07) is 7.26. The van der Waals surface area contributed by atoms with Crippen LogP contribution in [0.5, 0.6) is 0 Å². The van der Waals surface area contributed by atoms with Gasteiger partial charge in [-0.2, -0.15) is 0 Å². The van der Waals surface area contributed by atoms with E-state index >= 15 is 0 Å². The molecule has 0 radical (unpaired) electrons. The van der Waals surface area contributed by atoms with Gasteiger partial charge in [0.15, 0.2) is 0 Å². The molecule has 3 nitrogen and oxygen atoms in total. The van der Waals surface area contributed by atoms with Crippen LogP contribution in [0.2, 0.25) is 0 Å². The first-order valence-corrected chi connectivity index (χ1v) is 6.70. The highest BCUT2D eigenvalue weighted by atomic mass is 79.9. The fourth-order valence-electron chi connectivity index (χ4n) is 1.22. The summed E-state index contributed by atoms with van der Waals surface area (Å²) in [5.74, 6) is -0.0946. The second kappa shape index (κ2) is 7.04. The van der Waals surface area contributed by atoms with E-state index in [1.165, 1.54) is 0 Å². The average Bonchev–Trinajstić information content (AvgIpc) is 2.28. The fraction of sp³-hybridized carbons (Fsp3) is 0.364. The van der Waals surface area contributed by atoms with E-state index in [1.807, 2.05) is 12.1 Å². The van der Waals surface area contributed by atoms with Crippen molar-refractivity contribution in [1.82, 2.24) is 5.32 Å². The topological polar surface area (TPSA) is 38.3 Å². The molecular weight excluding hydrogens is 338 g/mol. The maximum atomic E-state index is 11.8. The van der Waals surface area contributed by atoms with Gasteiger partial charge in [0.25, 0.3) is 5.91 Å². The van der Waals surface area contributed by atoms with E-state index in [0.29, 0.717) is 17.5 Å². The van der Waals surface area contributed by atoms with Gasteiger partial charge in [-0.1, -0.05) is 37.9 Å². The summed E-state index contributed by atoms with van der Waals surface area (Å²) < 4.78 is 5.89. The SMILES string of the molecule is COCC(CBr)NC(=O)c1cccc(Br)c1. The first kappa shape index (κ1) is 13.7. The van der Waals surface area contributed by atoms with Gasteiger partial charge in [0.1, 0.15) is 0 Å². The number of methoxy groups -OCH3 is 1. The molecule has 88 valence electrons. The fourth-order valence-corrected chi connectivity index (χ4v) is 1.97. The van der Waals surface area contributed by atoms with Gasteiger partial charge in [0, 0.05) is 22.5 Å². The standard InChI is InChI=1S/C11H13Br2NO2/c1-16-7-10(6-12)14-11(15)8-3-2-4-9(13)5-8/h2-5,10H,6-7H2,1H3,(H,14,15). The monoisotopic (exact) mass is 349 g/mol. The Kier molecular flexibility index (Phi) is 6.01. The zero-order valence-electron chi connectivity index (χ0n) is 8.87. The molecular formula is C11H13Br2NO2. The summed E-state index contributed by atoms with van der Waals surface area (Å²) in [7, 11) is 1.61. The number of hydrogen-bond donors (Lipinski definition) is 1. The summed E-state index contributed by atoms with van der Waals surface area (Å²) in [5.41, 5.74) is 0.636. The van der Waals surface area contributed by atoms with Gasteiger partial charge in [-0.15, -0.1) is 0 Å². The lowest BCUT2D eigenvalue weighted by atomic mass is 10.2. The average molecular weight is 351 g/mol. The highest BCUT2D eigenvalue weighted by Crippen LogP contribution is 2.11. The van der Waals surface area contributed by atoms with Crippen LogP contribution in [0.1, 0.15) is 10.4 Å². The quantitative estimate of drug-likeness (QED) is 0.829. The Morgan fingerprint density at radius 2 is 2.31 bits per heavy atom. The van der Waals surface area contributed by atoms with Crippen molar-refractivity contribution in [2.75, 3.05) is 19.0 Å². The van der Waals surface area contributed by atoms with Crippen LogP contribution in [0.25, 0.3) is 0 Å². The van der Waals surface area contributed by atoms with Crippen LogP contribution >= 0.6 is 31.9 Å². The van der Waals surface area contributed by atoms with Gasteiger partial charge in [-0.25, -0.2) is 0 Å². The van der Waals surface area contributed by atoms with E-state index in [9.17, 15) is 4.79 Å². The molecule has 5 heteroatoms. The minimum atomic E-state index is -0.0946. The largest absolute Gasteiger partial charge is 0.383 e. The second-order valence-electron chi connectivity index (χ2n) is 3.29. The minimum absolute atomic E-state index is 0.0171. The number of ether oxygens (including phenoxy) is 1. The molecule has 0 fully saturated rings. The van der Waals surface area contributed by atoms with E-state index in [0.717, 1.165) is 4.47 Å². The van der Waals surface area contributed by atoms with E-state index in [-0.39, 0.29) is 11.9 Å². The van der Waals surface area contributed by atoms with Crippen molar-refractivity contribution in [2.45, 2.75) is 6.04 Å². The highest BCUT2D eigenvalue weighted by Gasteiger charge is 2.12. The normalized spacial score (nSPS) is 12.2. The molecule has 0 saturated heterocycles. The third-order valence-electron chi connectivity index (χ3n) is 1.98. The van der Waals surface area contributed by atoms with E-state index in [4.69, 9.17) is 4.74 Å². The minimum Gasteiger partial charge on any atom is -0.383 e. The Labute approximate surface area is 112 Å². The predicted octanol–water partition coefficient (Wildman–Crippen LogP) is 2.59. The van der Waals surface area contributed by atoms with E-state index in [1.54, 1.807) is 19.2 Å². The smallest absolute Gasteiger partial charge is 0.251 e. The lowest BCUT2D eigenvalue weighted by Crippen LogP contribution is -2.39. The molecule has 0 saturated carbocycles. The van der Waals surface area contributed by atoms with Crippen molar-refractivity contribution in [3.63, 3.8) is 0 Å². The number of benzene rings is 1. The number of amides is 1. The Morgan fingerprint density at radius 3 is 2.88 bits per heavy atom. The molecule has 0 aromatic heterocycles. The Morgan fingerprint density at radius 1 is 1.56 bits per heavy atom. The third-order valence-corrected chi connectivity index (χ3v) is 3.25. The molecule has 0 bridgehead atoms. The molecule has 1 aromatic rings. The number of carbonyl (C=O) groups excluding carboxylic acids is 1. The van der Waals surface area contributed by atoms with Gasteiger partial charge in [0.05, 0.1) is 12.6 Å². The van der Waals surface area contributed by atoms with Crippen LogP contribution in [0.3, 0.4) is 0 Å². The zero-order valence-corrected chi connectivity index (χ0v) is 12.0.